The first-order chi connectivity index (χ1) is 12.3. The topological polar surface area (TPSA) is 76.4 Å². The van der Waals surface area contributed by atoms with E-state index in [1.165, 1.54) is 29.7 Å². The molecule has 5 nitrogen and oxygen atoms in total. The zero-order valence-electron chi connectivity index (χ0n) is 13.7. The van der Waals surface area contributed by atoms with Crippen LogP contribution < -0.4 is 0 Å². The van der Waals surface area contributed by atoms with E-state index in [2.05, 4.69) is 0 Å². The third kappa shape index (κ3) is 2.35. The number of carbonyl (C=O) groups is 1. The van der Waals surface area contributed by atoms with Gasteiger partial charge < -0.3 is 9.67 Å². The average molecular weight is 371 g/mol. The lowest BCUT2D eigenvalue weighted by Crippen LogP contribution is -2.10. The Bertz CT molecular complexity index is 1220. The van der Waals surface area contributed by atoms with Crippen LogP contribution in [-0.2, 0) is 21.2 Å². The molecule has 0 saturated carbocycles. The van der Waals surface area contributed by atoms with E-state index in [9.17, 15) is 22.7 Å². The molecule has 3 aromatic rings. The maximum atomic E-state index is 13.9. The highest BCUT2D eigenvalue weighted by atomic mass is 32.2. The number of benzene rings is 2. The third-order valence-electron chi connectivity index (χ3n) is 4.60. The zero-order valence-corrected chi connectivity index (χ0v) is 14.5. The van der Waals surface area contributed by atoms with E-state index in [-0.39, 0.29) is 11.4 Å². The van der Waals surface area contributed by atoms with Crippen LogP contribution in [0, 0.1) is 12.7 Å². The average Bonchev–Trinajstić information content (AvgIpc) is 2.99. The van der Waals surface area contributed by atoms with Gasteiger partial charge in [-0.15, -0.1) is 0 Å². The molecule has 1 aliphatic rings. The number of halogens is 1. The largest absolute Gasteiger partial charge is 0.480 e. The van der Waals surface area contributed by atoms with Gasteiger partial charge in [-0.05, 0) is 31.2 Å². The minimum absolute atomic E-state index is 0.199. The highest BCUT2D eigenvalue weighted by Gasteiger charge is 2.30. The van der Waals surface area contributed by atoms with E-state index in [0.717, 1.165) is 0 Å². The van der Waals surface area contributed by atoms with Crippen LogP contribution in [0.1, 0.15) is 16.8 Å². The quantitative estimate of drug-likeness (QED) is 0.766. The SMILES string of the molecule is Cc1c(C2=CS(=O)(=O)c3ccccc32)c2cc(F)ccc2n1CC(=O)O. The number of rotatable bonds is 3. The van der Waals surface area contributed by atoms with Crippen molar-refractivity contribution >= 4 is 32.3 Å². The molecule has 0 unspecified atom stereocenters. The predicted molar refractivity (Wildman–Crippen MR) is 95.0 cm³/mol. The van der Waals surface area contributed by atoms with E-state index in [0.29, 0.717) is 33.3 Å². The number of hydrogen-bond acceptors (Lipinski definition) is 3. The number of fused-ring (bicyclic) bond motifs is 2. The van der Waals surface area contributed by atoms with E-state index in [1.807, 2.05) is 0 Å². The van der Waals surface area contributed by atoms with Gasteiger partial charge in [0.15, 0.2) is 0 Å². The minimum Gasteiger partial charge on any atom is -0.480 e. The molecule has 0 saturated heterocycles. The second-order valence-electron chi connectivity index (χ2n) is 6.17. The van der Waals surface area contributed by atoms with E-state index in [1.54, 1.807) is 29.7 Å². The predicted octanol–water partition coefficient (Wildman–Crippen LogP) is 3.35. The molecule has 7 heteroatoms. The number of carboxylic acid groups (broad SMARTS) is 1. The molecular formula is C19H14FNO4S. The Kier molecular flexibility index (Phi) is 3.52. The van der Waals surface area contributed by atoms with Crippen LogP contribution in [0.4, 0.5) is 4.39 Å². The van der Waals surface area contributed by atoms with Crippen LogP contribution in [0.3, 0.4) is 0 Å². The summed E-state index contributed by atoms with van der Waals surface area (Å²) in [6.07, 6.45) is 0. The first kappa shape index (κ1) is 16.5. The number of aromatic nitrogens is 1. The molecule has 2 heterocycles. The molecule has 0 amide bonds. The lowest BCUT2D eigenvalue weighted by molar-refractivity contribution is -0.137. The van der Waals surface area contributed by atoms with Crippen molar-refractivity contribution in [2.45, 2.75) is 18.4 Å². The van der Waals surface area contributed by atoms with Gasteiger partial charge in [0.25, 0.3) is 0 Å². The van der Waals surface area contributed by atoms with Crippen LogP contribution in [0.5, 0.6) is 0 Å². The molecule has 1 aliphatic heterocycles. The second kappa shape index (κ2) is 5.54. The first-order valence-corrected chi connectivity index (χ1v) is 9.41. The van der Waals surface area contributed by atoms with Crippen LogP contribution in [0.15, 0.2) is 52.8 Å². The Morgan fingerprint density at radius 2 is 1.92 bits per heavy atom. The van der Waals surface area contributed by atoms with Gasteiger partial charge >= 0.3 is 5.97 Å². The van der Waals surface area contributed by atoms with Gasteiger partial charge in [0.2, 0.25) is 9.84 Å². The summed E-state index contributed by atoms with van der Waals surface area (Å²) in [5, 5.41) is 10.9. The van der Waals surface area contributed by atoms with Gasteiger partial charge in [0, 0.05) is 38.7 Å². The molecule has 0 fully saturated rings. The Labute approximate surface area is 148 Å². The molecule has 132 valence electrons. The van der Waals surface area contributed by atoms with Crippen molar-refractivity contribution in [2.75, 3.05) is 0 Å². The van der Waals surface area contributed by atoms with Gasteiger partial charge in [0.1, 0.15) is 12.4 Å². The lowest BCUT2D eigenvalue weighted by Gasteiger charge is -2.07. The summed E-state index contributed by atoms with van der Waals surface area (Å²) in [5.41, 5.74) is 2.65. The molecule has 4 rings (SSSR count). The number of aliphatic carboxylic acids is 1. The standard InChI is InChI=1S/C19H14FNO4S/c1-11-19(15-10-26(24,25)17-5-3-2-4-13(15)17)14-8-12(20)6-7-16(14)21(11)9-18(22)23/h2-8,10H,9H2,1H3,(H,22,23). The zero-order chi connectivity index (χ0) is 18.6. The molecule has 0 bridgehead atoms. The summed E-state index contributed by atoms with van der Waals surface area (Å²) in [5.74, 6) is -1.50. The summed E-state index contributed by atoms with van der Waals surface area (Å²) < 4.78 is 40.4. The summed E-state index contributed by atoms with van der Waals surface area (Å²) in [4.78, 5) is 11.5. The molecule has 1 N–H and O–H groups in total. The Morgan fingerprint density at radius 3 is 2.65 bits per heavy atom. The Morgan fingerprint density at radius 1 is 1.19 bits per heavy atom. The summed E-state index contributed by atoms with van der Waals surface area (Å²) in [6, 6.07) is 10.7. The number of nitrogens with zero attached hydrogens (tertiary/aromatic N) is 1. The molecule has 0 spiro atoms. The fourth-order valence-electron chi connectivity index (χ4n) is 3.55. The lowest BCUT2D eigenvalue weighted by atomic mass is 9.97. The normalized spacial score (nSPS) is 15.1. The highest BCUT2D eigenvalue weighted by Crippen LogP contribution is 2.42. The van der Waals surface area contributed by atoms with E-state index >= 15 is 0 Å². The molecular weight excluding hydrogens is 357 g/mol. The number of sulfone groups is 1. The molecule has 26 heavy (non-hydrogen) atoms. The molecule has 0 aliphatic carbocycles. The Hall–Kier alpha value is -2.93. The van der Waals surface area contributed by atoms with Crippen molar-refractivity contribution < 1.29 is 22.7 Å². The fraction of sp³-hybridized carbons (Fsp3) is 0.105. The van der Waals surface area contributed by atoms with Crippen LogP contribution in [0.2, 0.25) is 0 Å². The minimum atomic E-state index is -3.59. The van der Waals surface area contributed by atoms with Gasteiger partial charge in [-0.1, -0.05) is 18.2 Å². The van der Waals surface area contributed by atoms with Crippen molar-refractivity contribution in [3.8, 4) is 0 Å². The van der Waals surface area contributed by atoms with E-state index in [4.69, 9.17) is 0 Å². The second-order valence-corrected chi connectivity index (χ2v) is 7.94. The smallest absolute Gasteiger partial charge is 0.323 e. The van der Waals surface area contributed by atoms with Crippen molar-refractivity contribution in [1.29, 1.82) is 0 Å². The van der Waals surface area contributed by atoms with Crippen molar-refractivity contribution in [1.82, 2.24) is 4.57 Å². The van der Waals surface area contributed by atoms with Gasteiger partial charge in [-0.25, -0.2) is 12.8 Å². The van der Waals surface area contributed by atoms with Gasteiger partial charge in [-0.2, -0.15) is 0 Å². The van der Waals surface area contributed by atoms with Crippen molar-refractivity contribution in [3.63, 3.8) is 0 Å². The molecule has 2 aromatic carbocycles. The maximum absolute atomic E-state index is 13.9. The molecule has 1 aromatic heterocycles. The summed E-state index contributed by atoms with van der Waals surface area (Å²) in [6.45, 7) is 1.42. The maximum Gasteiger partial charge on any atom is 0.323 e. The summed E-state index contributed by atoms with van der Waals surface area (Å²) >= 11 is 0. The third-order valence-corrected chi connectivity index (χ3v) is 6.12. The van der Waals surface area contributed by atoms with Crippen molar-refractivity contribution in [2.24, 2.45) is 0 Å². The number of hydrogen-bond donors (Lipinski definition) is 1. The highest BCUT2D eigenvalue weighted by molar-refractivity contribution is 7.95. The van der Waals surface area contributed by atoms with Crippen LogP contribution in [-0.4, -0.2) is 24.1 Å². The molecule has 0 radical (unpaired) electrons. The van der Waals surface area contributed by atoms with Gasteiger partial charge in [0.05, 0.1) is 4.90 Å². The van der Waals surface area contributed by atoms with Gasteiger partial charge in [-0.3, -0.25) is 4.79 Å². The monoisotopic (exact) mass is 371 g/mol. The van der Waals surface area contributed by atoms with Crippen molar-refractivity contribution in [3.05, 3.63) is 70.5 Å². The summed E-state index contributed by atoms with van der Waals surface area (Å²) in [7, 11) is -3.59. The number of carboxylic acids is 1. The fourth-order valence-corrected chi connectivity index (χ4v) is 4.98. The Balaban J connectivity index is 2.09. The van der Waals surface area contributed by atoms with E-state index < -0.39 is 21.6 Å². The van der Waals surface area contributed by atoms with Crippen LogP contribution >= 0.6 is 0 Å². The first-order valence-electron chi connectivity index (χ1n) is 7.86. The molecule has 0 atom stereocenters. The van der Waals surface area contributed by atoms with Crippen LogP contribution in [0.25, 0.3) is 16.5 Å².